The van der Waals surface area contributed by atoms with Crippen LogP contribution in [0.3, 0.4) is 0 Å². The van der Waals surface area contributed by atoms with Crippen LogP contribution < -0.4 is 14.8 Å². The Morgan fingerprint density at radius 2 is 1.96 bits per heavy atom. The summed E-state index contributed by atoms with van der Waals surface area (Å²) in [5, 5.41) is 6.85. The van der Waals surface area contributed by atoms with Gasteiger partial charge in [-0.15, -0.1) is 0 Å². The van der Waals surface area contributed by atoms with Crippen LogP contribution in [-0.4, -0.2) is 30.8 Å². The van der Waals surface area contributed by atoms with Gasteiger partial charge in [-0.05, 0) is 44.4 Å². The largest absolute Gasteiger partial charge is 0.486 e. The predicted molar refractivity (Wildman–Crippen MR) is 88.4 cm³/mol. The highest BCUT2D eigenvalue weighted by molar-refractivity contribution is 5.76. The van der Waals surface area contributed by atoms with E-state index in [4.69, 9.17) is 14.0 Å². The lowest BCUT2D eigenvalue weighted by Gasteiger charge is -2.18. The van der Waals surface area contributed by atoms with Crippen molar-refractivity contribution >= 4 is 5.91 Å². The molecule has 0 saturated carbocycles. The lowest BCUT2D eigenvalue weighted by molar-refractivity contribution is -0.121. The van der Waals surface area contributed by atoms with Crippen molar-refractivity contribution in [3.63, 3.8) is 0 Å². The van der Waals surface area contributed by atoms with Gasteiger partial charge in [-0.3, -0.25) is 4.79 Å². The smallest absolute Gasteiger partial charge is 0.220 e. The first-order valence-electron chi connectivity index (χ1n) is 8.20. The number of amides is 1. The first-order valence-corrected chi connectivity index (χ1v) is 8.20. The SMILES string of the molecule is Cc1noc(C)c1CCC(=O)NCCc1ccc2c(c1)OCCO2. The van der Waals surface area contributed by atoms with Crippen LogP contribution in [0, 0.1) is 13.8 Å². The molecule has 0 spiro atoms. The molecule has 0 radical (unpaired) electrons. The average Bonchev–Trinajstić information content (AvgIpc) is 2.91. The van der Waals surface area contributed by atoms with Crippen LogP contribution >= 0.6 is 0 Å². The van der Waals surface area contributed by atoms with E-state index in [2.05, 4.69) is 10.5 Å². The van der Waals surface area contributed by atoms with E-state index in [0.29, 0.717) is 32.6 Å². The summed E-state index contributed by atoms with van der Waals surface area (Å²) in [6.45, 7) is 5.53. The van der Waals surface area contributed by atoms with E-state index in [0.717, 1.165) is 40.5 Å². The Bertz CT molecular complexity index is 704. The summed E-state index contributed by atoms with van der Waals surface area (Å²) in [5.41, 5.74) is 3.00. The van der Waals surface area contributed by atoms with E-state index in [1.165, 1.54) is 0 Å². The van der Waals surface area contributed by atoms with Crippen molar-refractivity contribution in [2.24, 2.45) is 0 Å². The van der Waals surface area contributed by atoms with Crippen LogP contribution in [0.2, 0.25) is 0 Å². The van der Waals surface area contributed by atoms with Gasteiger partial charge in [0.2, 0.25) is 5.91 Å². The molecule has 1 amide bonds. The summed E-state index contributed by atoms with van der Waals surface area (Å²) in [6.07, 6.45) is 1.84. The number of rotatable bonds is 6. The predicted octanol–water partition coefficient (Wildman–Crippen LogP) is 2.35. The number of aryl methyl sites for hydroxylation is 2. The summed E-state index contributed by atoms with van der Waals surface area (Å²) >= 11 is 0. The Balaban J connectivity index is 1.43. The molecule has 6 nitrogen and oxygen atoms in total. The van der Waals surface area contributed by atoms with Gasteiger partial charge in [0.15, 0.2) is 11.5 Å². The highest BCUT2D eigenvalue weighted by Crippen LogP contribution is 2.30. The quantitative estimate of drug-likeness (QED) is 0.880. The van der Waals surface area contributed by atoms with Crippen molar-refractivity contribution in [2.45, 2.75) is 33.1 Å². The molecule has 1 aliphatic rings. The van der Waals surface area contributed by atoms with Gasteiger partial charge in [-0.25, -0.2) is 0 Å². The minimum atomic E-state index is 0.0348. The number of benzene rings is 1. The number of aromatic nitrogens is 1. The first-order chi connectivity index (χ1) is 11.6. The standard InChI is InChI=1S/C18H22N2O4/c1-12-15(13(2)24-20-12)4-6-18(21)19-8-7-14-3-5-16-17(11-14)23-10-9-22-16/h3,5,11H,4,6-10H2,1-2H3,(H,19,21). The van der Waals surface area contributed by atoms with Gasteiger partial charge in [-0.2, -0.15) is 0 Å². The zero-order valence-corrected chi connectivity index (χ0v) is 14.1. The molecule has 0 aliphatic carbocycles. The van der Waals surface area contributed by atoms with Gasteiger partial charge in [0.25, 0.3) is 0 Å². The molecule has 1 N–H and O–H groups in total. The number of carbonyl (C=O) groups excluding carboxylic acids is 1. The number of fused-ring (bicyclic) bond motifs is 1. The average molecular weight is 330 g/mol. The number of hydrogen-bond acceptors (Lipinski definition) is 5. The van der Waals surface area contributed by atoms with E-state index in [9.17, 15) is 4.79 Å². The molecule has 0 saturated heterocycles. The molecule has 2 heterocycles. The zero-order valence-electron chi connectivity index (χ0n) is 14.1. The van der Waals surface area contributed by atoms with E-state index >= 15 is 0 Å². The van der Waals surface area contributed by atoms with Gasteiger partial charge in [0.1, 0.15) is 19.0 Å². The maximum atomic E-state index is 12.0. The molecule has 0 atom stereocenters. The summed E-state index contributed by atoms with van der Waals surface area (Å²) in [4.78, 5) is 12.0. The fourth-order valence-corrected chi connectivity index (χ4v) is 2.78. The van der Waals surface area contributed by atoms with E-state index < -0.39 is 0 Å². The molecule has 3 rings (SSSR count). The Morgan fingerprint density at radius 1 is 1.17 bits per heavy atom. The lowest BCUT2D eigenvalue weighted by atomic mass is 10.1. The normalized spacial score (nSPS) is 12.9. The molecule has 6 heteroatoms. The molecule has 0 fully saturated rings. The molecule has 0 unspecified atom stereocenters. The summed E-state index contributed by atoms with van der Waals surface area (Å²) in [6, 6.07) is 5.90. The van der Waals surface area contributed by atoms with Crippen molar-refractivity contribution < 1.29 is 18.8 Å². The summed E-state index contributed by atoms with van der Waals surface area (Å²) in [7, 11) is 0. The first kappa shape index (κ1) is 16.4. The molecule has 0 bridgehead atoms. The van der Waals surface area contributed by atoms with Crippen LogP contribution in [0.25, 0.3) is 0 Å². The molecule has 1 aromatic heterocycles. The third kappa shape index (κ3) is 3.88. The van der Waals surface area contributed by atoms with Gasteiger partial charge >= 0.3 is 0 Å². The van der Waals surface area contributed by atoms with E-state index in [1.54, 1.807) is 0 Å². The third-order valence-corrected chi connectivity index (χ3v) is 4.13. The Morgan fingerprint density at radius 3 is 2.71 bits per heavy atom. The van der Waals surface area contributed by atoms with Gasteiger partial charge < -0.3 is 19.3 Å². The van der Waals surface area contributed by atoms with Crippen molar-refractivity contribution in [1.82, 2.24) is 10.5 Å². The second-order valence-corrected chi connectivity index (χ2v) is 5.88. The topological polar surface area (TPSA) is 73.6 Å². The molecular formula is C18H22N2O4. The maximum Gasteiger partial charge on any atom is 0.220 e. The fraction of sp³-hybridized carbons (Fsp3) is 0.444. The van der Waals surface area contributed by atoms with Crippen molar-refractivity contribution in [1.29, 1.82) is 0 Å². The minimum Gasteiger partial charge on any atom is -0.486 e. The fourth-order valence-electron chi connectivity index (χ4n) is 2.78. The van der Waals surface area contributed by atoms with E-state index in [1.807, 2.05) is 32.0 Å². The van der Waals surface area contributed by atoms with Crippen LogP contribution in [0.4, 0.5) is 0 Å². The zero-order chi connectivity index (χ0) is 16.9. The van der Waals surface area contributed by atoms with Crippen LogP contribution in [0.1, 0.15) is 29.0 Å². The van der Waals surface area contributed by atoms with Gasteiger partial charge in [0, 0.05) is 18.5 Å². The Kier molecular flexibility index (Phi) is 5.03. The van der Waals surface area contributed by atoms with Crippen molar-refractivity contribution in [3.8, 4) is 11.5 Å². The molecule has 2 aromatic rings. The lowest BCUT2D eigenvalue weighted by Crippen LogP contribution is -2.26. The molecule has 128 valence electrons. The summed E-state index contributed by atoms with van der Waals surface area (Å²) in [5.74, 6) is 2.39. The molecular weight excluding hydrogens is 308 g/mol. The molecule has 24 heavy (non-hydrogen) atoms. The Hall–Kier alpha value is -2.50. The minimum absolute atomic E-state index is 0.0348. The Labute approximate surface area is 141 Å². The third-order valence-electron chi connectivity index (χ3n) is 4.13. The second-order valence-electron chi connectivity index (χ2n) is 5.88. The highest BCUT2D eigenvalue weighted by atomic mass is 16.6. The number of nitrogens with one attached hydrogen (secondary N) is 1. The van der Waals surface area contributed by atoms with Crippen molar-refractivity contribution in [2.75, 3.05) is 19.8 Å². The number of carbonyl (C=O) groups is 1. The van der Waals surface area contributed by atoms with Crippen molar-refractivity contribution in [3.05, 3.63) is 40.8 Å². The van der Waals surface area contributed by atoms with E-state index in [-0.39, 0.29) is 5.91 Å². The molecule has 1 aliphatic heterocycles. The molecule has 1 aromatic carbocycles. The number of nitrogens with zero attached hydrogens (tertiary/aromatic N) is 1. The maximum absolute atomic E-state index is 12.0. The van der Waals surface area contributed by atoms with Crippen LogP contribution in [0.15, 0.2) is 22.7 Å². The van der Waals surface area contributed by atoms with Crippen LogP contribution in [0.5, 0.6) is 11.5 Å². The van der Waals surface area contributed by atoms with Gasteiger partial charge in [-0.1, -0.05) is 11.2 Å². The summed E-state index contributed by atoms with van der Waals surface area (Å²) < 4.78 is 16.2. The second kappa shape index (κ2) is 7.38. The number of ether oxygens (including phenoxy) is 2. The highest BCUT2D eigenvalue weighted by Gasteiger charge is 2.13. The number of hydrogen-bond donors (Lipinski definition) is 1. The van der Waals surface area contributed by atoms with Gasteiger partial charge in [0.05, 0.1) is 5.69 Å². The van der Waals surface area contributed by atoms with Crippen LogP contribution in [-0.2, 0) is 17.6 Å². The monoisotopic (exact) mass is 330 g/mol.